The van der Waals surface area contributed by atoms with Gasteiger partial charge in [0, 0.05) is 26.2 Å². The summed E-state index contributed by atoms with van der Waals surface area (Å²) in [5, 5.41) is 4.44. The predicted octanol–water partition coefficient (Wildman–Crippen LogP) is 11.8. The number of nitrogens with zero attached hydrogens (tertiary/aromatic N) is 2. The first kappa shape index (κ1) is 28.3. The first-order chi connectivity index (χ1) is 25.8. The normalized spacial score (nSPS) is 18.5. The van der Waals surface area contributed by atoms with Gasteiger partial charge in [-0.1, -0.05) is 152 Å². The Labute approximate surface area is 303 Å². The molecular formula is C48H28N2OS. The lowest BCUT2D eigenvalue weighted by atomic mass is 9.44. The van der Waals surface area contributed by atoms with Crippen LogP contribution in [-0.4, -0.2) is 9.97 Å². The predicted molar refractivity (Wildman–Crippen MR) is 211 cm³/mol. The van der Waals surface area contributed by atoms with Gasteiger partial charge in [-0.15, -0.1) is 11.3 Å². The van der Waals surface area contributed by atoms with Gasteiger partial charge in [-0.25, -0.2) is 9.97 Å². The average molecular weight is 681 g/mol. The van der Waals surface area contributed by atoms with Crippen LogP contribution in [0.5, 0.6) is 0 Å². The molecule has 0 atom stereocenters. The fourth-order valence-electron chi connectivity index (χ4n) is 9.76. The van der Waals surface area contributed by atoms with E-state index in [4.69, 9.17) is 14.4 Å². The van der Waals surface area contributed by atoms with Gasteiger partial charge in [0.1, 0.15) is 16.0 Å². The number of aromatic nitrogens is 2. The fraction of sp³-hybridized carbons (Fsp3) is 0.0417. The molecule has 13 rings (SSSR count). The Morgan fingerprint density at radius 3 is 1.65 bits per heavy atom. The second-order valence-electron chi connectivity index (χ2n) is 14.0. The molecule has 0 fully saturated rings. The van der Waals surface area contributed by atoms with Gasteiger partial charge in [0.2, 0.25) is 0 Å². The number of para-hydroxylation sites is 2. The number of rotatable bonds is 3. The van der Waals surface area contributed by atoms with Gasteiger partial charge in [-0.2, -0.15) is 0 Å². The molecule has 3 aromatic heterocycles. The topological polar surface area (TPSA) is 38.9 Å². The minimum Gasteiger partial charge on any atom is -0.455 e. The van der Waals surface area contributed by atoms with Crippen LogP contribution < -0.4 is 0 Å². The molecule has 2 bridgehead atoms. The Hall–Kier alpha value is -6.36. The van der Waals surface area contributed by atoms with Crippen LogP contribution >= 0.6 is 11.3 Å². The number of furan rings is 1. The Kier molecular flexibility index (Phi) is 5.52. The van der Waals surface area contributed by atoms with E-state index in [-0.39, 0.29) is 0 Å². The molecule has 3 aliphatic carbocycles. The van der Waals surface area contributed by atoms with Crippen molar-refractivity contribution >= 4 is 53.6 Å². The summed E-state index contributed by atoms with van der Waals surface area (Å²) >= 11 is 1.74. The van der Waals surface area contributed by atoms with E-state index in [9.17, 15) is 0 Å². The lowest BCUT2D eigenvalue weighted by Crippen LogP contribution is -2.52. The van der Waals surface area contributed by atoms with Crippen molar-refractivity contribution in [2.24, 2.45) is 0 Å². The molecule has 3 heterocycles. The summed E-state index contributed by atoms with van der Waals surface area (Å²) in [6.07, 6.45) is 0. The fourth-order valence-corrected chi connectivity index (χ4v) is 10.8. The van der Waals surface area contributed by atoms with Gasteiger partial charge in [0.05, 0.1) is 22.1 Å². The maximum absolute atomic E-state index is 6.61. The van der Waals surface area contributed by atoms with E-state index in [1.54, 1.807) is 11.3 Å². The second kappa shape index (κ2) is 10.1. The lowest BCUT2D eigenvalue weighted by Gasteiger charge is -2.56. The zero-order valence-corrected chi connectivity index (χ0v) is 28.7. The maximum atomic E-state index is 6.61. The molecule has 0 saturated carbocycles. The average Bonchev–Trinajstić information content (AvgIpc) is 3.79. The van der Waals surface area contributed by atoms with Crippen molar-refractivity contribution in [3.8, 4) is 11.4 Å². The minimum atomic E-state index is -0.720. The standard InChI is InChI=1S/C48H28N2OS/c1-2-15-29(16-3-1)47-34-21-6-9-24-37(34)48(38-25-10-7-22-35(38)47,39-26-11-8-23-36(39)47)44-42-32-18-5-13-28-41(32)52-46(42)50-45(49-44)33-20-14-19-31-30-17-4-12-27-40(30)51-43(31)33/h1-28H. The highest BCUT2D eigenvalue weighted by Crippen LogP contribution is 2.66. The largest absolute Gasteiger partial charge is 0.455 e. The van der Waals surface area contributed by atoms with E-state index in [1.165, 1.54) is 49.0 Å². The Balaban J connectivity index is 1.29. The Morgan fingerprint density at radius 1 is 0.442 bits per heavy atom. The molecule has 0 N–H and O–H groups in total. The van der Waals surface area contributed by atoms with Crippen molar-refractivity contribution in [3.63, 3.8) is 0 Å². The smallest absolute Gasteiger partial charge is 0.164 e. The zero-order chi connectivity index (χ0) is 34.0. The van der Waals surface area contributed by atoms with E-state index in [0.29, 0.717) is 5.82 Å². The van der Waals surface area contributed by atoms with Gasteiger partial charge in [-0.3, -0.25) is 0 Å². The highest BCUT2D eigenvalue weighted by Gasteiger charge is 2.61. The molecule has 242 valence electrons. The molecule has 0 aliphatic heterocycles. The summed E-state index contributed by atoms with van der Waals surface area (Å²) in [6, 6.07) is 61.6. The van der Waals surface area contributed by atoms with Gasteiger partial charge >= 0.3 is 0 Å². The molecule has 0 radical (unpaired) electrons. The van der Waals surface area contributed by atoms with Gasteiger partial charge in [0.25, 0.3) is 0 Å². The lowest BCUT2D eigenvalue weighted by molar-refractivity contribution is 0.550. The number of fused-ring (bicyclic) bond motifs is 6. The highest BCUT2D eigenvalue weighted by atomic mass is 32.1. The minimum absolute atomic E-state index is 0.488. The van der Waals surface area contributed by atoms with E-state index in [2.05, 4.69) is 158 Å². The summed E-state index contributed by atoms with van der Waals surface area (Å²) in [6.45, 7) is 0. The van der Waals surface area contributed by atoms with Gasteiger partial charge in [0.15, 0.2) is 5.82 Å². The van der Waals surface area contributed by atoms with Crippen molar-refractivity contribution in [2.45, 2.75) is 10.8 Å². The van der Waals surface area contributed by atoms with Crippen LogP contribution in [0.25, 0.3) is 53.6 Å². The molecule has 0 amide bonds. The number of thiophene rings is 1. The Bertz CT molecular complexity index is 2980. The number of hydrogen-bond donors (Lipinski definition) is 0. The first-order valence-corrected chi connectivity index (χ1v) is 18.6. The van der Waals surface area contributed by atoms with Crippen LogP contribution in [0.3, 0.4) is 0 Å². The molecule has 3 nitrogen and oxygen atoms in total. The first-order valence-electron chi connectivity index (χ1n) is 17.8. The number of hydrogen-bond acceptors (Lipinski definition) is 4. The summed E-state index contributed by atoms with van der Waals surface area (Å²) in [4.78, 5) is 12.2. The van der Waals surface area contributed by atoms with E-state index < -0.39 is 10.8 Å². The number of benzene rings is 7. The van der Waals surface area contributed by atoms with Gasteiger partial charge in [-0.05, 0) is 57.1 Å². The third-order valence-electron chi connectivity index (χ3n) is 11.7. The molecule has 3 aliphatic rings. The summed E-state index contributed by atoms with van der Waals surface area (Å²) in [5.41, 5.74) is 11.3. The summed E-state index contributed by atoms with van der Waals surface area (Å²) < 4.78 is 7.81. The van der Waals surface area contributed by atoms with Crippen molar-refractivity contribution in [2.75, 3.05) is 0 Å². The highest BCUT2D eigenvalue weighted by molar-refractivity contribution is 7.25. The maximum Gasteiger partial charge on any atom is 0.164 e. The van der Waals surface area contributed by atoms with E-state index in [0.717, 1.165) is 43.4 Å². The third kappa shape index (κ3) is 3.32. The van der Waals surface area contributed by atoms with Crippen molar-refractivity contribution in [1.82, 2.24) is 9.97 Å². The molecule has 10 aromatic rings. The Morgan fingerprint density at radius 2 is 0.981 bits per heavy atom. The van der Waals surface area contributed by atoms with Crippen molar-refractivity contribution in [1.29, 1.82) is 0 Å². The third-order valence-corrected chi connectivity index (χ3v) is 12.7. The molecule has 0 unspecified atom stereocenters. The van der Waals surface area contributed by atoms with Crippen molar-refractivity contribution < 1.29 is 4.42 Å². The van der Waals surface area contributed by atoms with E-state index in [1.807, 2.05) is 12.1 Å². The van der Waals surface area contributed by atoms with Crippen LogP contribution in [0.2, 0.25) is 0 Å². The summed E-state index contributed by atoms with van der Waals surface area (Å²) in [7, 11) is 0. The quantitative estimate of drug-likeness (QED) is 0.186. The van der Waals surface area contributed by atoms with Gasteiger partial charge < -0.3 is 4.42 Å². The summed E-state index contributed by atoms with van der Waals surface area (Å²) in [5.74, 6) is 0.672. The molecule has 4 heteroatoms. The SMILES string of the molecule is c1ccc(C23c4ccccc4C(c4nc(-c5cccc6c5oc5ccccc56)nc5sc6ccccc6c45)(c4ccccc42)c2ccccc23)cc1. The monoisotopic (exact) mass is 680 g/mol. The zero-order valence-electron chi connectivity index (χ0n) is 27.9. The molecule has 0 saturated heterocycles. The molecule has 7 aromatic carbocycles. The van der Waals surface area contributed by atoms with Crippen LogP contribution in [0.1, 0.15) is 44.6 Å². The van der Waals surface area contributed by atoms with Crippen LogP contribution in [0, 0.1) is 0 Å². The van der Waals surface area contributed by atoms with Crippen LogP contribution in [0.4, 0.5) is 0 Å². The van der Waals surface area contributed by atoms with Crippen molar-refractivity contribution in [3.05, 3.63) is 214 Å². The van der Waals surface area contributed by atoms with E-state index >= 15 is 0 Å². The molecule has 52 heavy (non-hydrogen) atoms. The second-order valence-corrected chi connectivity index (χ2v) is 15.0. The molecular weight excluding hydrogens is 653 g/mol. The van der Waals surface area contributed by atoms with Crippen LogP contribution in [-0.2, 0) is 10.8 Å². The molecule has 0 spiro atoms. The van der Waals surface area contributed by atoms with Crippen LogP contribution in [0.15, 0.2) is 174 Å².